The first-order valence-electron chi connectivity index (χ1n) is 5.97. The van der Waals surface area contributed by atoms with Crippen LogP contribution in [0.2, 0.25) is 0 Å². The van der Waals surface area contributed by atoms with Crippen molar-refractivity contribution >= 4 is 11.8 Å². The fraction of sp³-hybridized carbons (Fsp3) is 0.462. The second kappa shape index (κ2) is 6.26. The molecule has 1 amide bonds. The molecule has 0 spiro atoms. The zero-order chi connectivity index (χ0) is 14.5. The van der Waals surface area contributed by atoms with Gasteiger partial charge in [0, 0.05) is 24.8 Å². The van der Waals surface area contributed by atoms with E-state index < -0.39 is 23.3 Å². The van der Waals surface area contributed by atoms with Gasteiger partial charge in [-0.15, -0.1) is 0 Å². The third kappa shape index (κ3) is 5.94. The van der Waals surface area contributed by atoms with Crippen LogP contribution in [0.5, 0.6) is 5.75 Å². The molecule has 106 valence electrons. The van der Waals surface area contributed by atoms with Crippen LogP contribution in [0.15, 0.2) is 18.2 Å². The molecule has 1 aromatic rings. The number of amides is 1. The minimum Gasteiger partial charge on any atom is -0.505 e. The molecule has 0 aliphatic carbocycles. The summed E-state index contributed by atoms with van der Waals surface area (Å²) in [5.74, 6) is -1.08. The maximum atomic E-state index is 13.0. The number of hydrogen-bond donors (Lipinski definition) is 3. The minimum absolute atomic E-state index is 0.345. The molecular weight excluding hydrogens is 251 g/mol. The SMILES string of the molecule is CC(C)(C)OC(=O)NCCNc1ccc(O)c(F)c1. The van der Waals surface area contributed by atoms with Crippen LogP contribution in [0.3, 0.4) is 0 Å². The van der Waals surface area contributed by atoms with Crippen molar-refractivity contribution in [3.8, 4) is 5.75 Å². The molecule has 6 heteroatoms. The summed E-state index contributed by atoms with van der Waals surface area (Å²) >= 11 is 0. The normalized spacial score (nSPS) is 10.9. The van der Waals surface area contributed by atoms with E-state index in [9.17, 15) is 9.18 Å². The van der Waals surface area contributed by atoms with E-state index in [4.69, 9.17) is 9.84 Å². The van der Waals surface area contributed by atoms with Gasteiger partial charge in [0.25, 0.3) is 0 Å². The number of hydrogen-bond acceptors (Lipinski definition) is 4. The molecule has 1 rings (SSSR count). The summed E-state index contributed by atoms with van der Waals surface area (Å²) < 4.78 is 18.1. The number of anilines is 1. The number of alkyl carbamates (subject to hydrolysis) is 1. The lowest BCUT2D eigenvalue weighted by atomic mass is 10.2. The quantitative estimate of drug-likeness (QED) is 0.580. The molecule has 0 aliphatic heterocycles. The van der Waals surface area contributed by atoms with Crippen molar-refractivity contribution in [1.82, 2.24) is 5.32 Å². The predicted molar refractivity (Wildman–Crippen MR) is 70.8 cm³/mol. The summed E-state index contributed by atoms with van der Waals surface area (Å²) in [6.07, 6.45) is -0.494. The number of phenolic OH excluding ortho intramolecular Hbond substituents is 1. The Labute approximate surface area is 111 Å². The van der Waals surface area contributed by atoms with Crippen LogP contribution in [0, 0.1) is 5.82 Å². The molecule has 0 unspecified atom stereocenters. The summed E-state index contributed by atoms with van der Waals surface area (Å²) in [6, 6.07) is 3.99. The van der Waals surface area contributed by atoms with Crippen LogP contribution in [-0.4, -0.2) is 29.9 Å². The molecule has 0 atom stereocenters. The monoisotopic (exact) mass is 270 g/mol. The van der Waals surface area contributed by atoms with Crippen LogP contribution in [0.25, 0.3) is 0 Å². The van der Waals surface area contributed by atoms with Gasteiger partial charge in [-0.1, -0.05) is 0 Å². The lowest BCUT2D eigenvalue weighted by Gasteiger charge is -2.19. The van der Waals surface area contributed by atoms with E-state index in [1.807, 2.05) is 0 Å². The standard InChI is InChI=1S/C13H19FN2O3/c1-13(2,3)19-12(18)16-7-6-15-9-4-5-11(17)10(14)8-9/h4-5,8,15,17H,6-7H2,1-3H3,(H,16,18). The van der Waals surface area contributed by atoms with Crippen LogP contribution in [0.4, 0.5) is 14.9 Å². The average molecular weight is 270 g/mol. The number of ether oxygens (including phenoxy) is 1. The molecule has 3 N–H and O–H groups in total. The van der Waals surface area contributed by atoms with Crippen molar-refractivity contribution in [2.24, 2.45) is 0 Å². The van der Waals surface area contributed by atoms with Gasteiger partial charge in [0.05, 0.1) is 0 Å². The van der Waals surface area contributed by atoms with Gasteiger partial charge in [0.2, 0.25) is 0 Å². The Morgan fingerprint density at radius 2 is 2.05 bits per heavy atom. The highest BCUT2D eigenvalue weighted by molar-refractivity contribution is 5.67. The molecule has 5 nitrogen and oxygen atoms in total. The molecule has 0 fully saturated rings. The Balaban J connectivity index is 2.27. The van der Waals surface area contributed by atoms with Crippen molar-refractivity contribution in [3.63, 3.8) is 0 Å². The number of carbonyl (C=O) groups is 1. The number of nitrogens with one attached hydrogen (secondary N) is 2. The fourth-order valence-electron chi connectivity index (χ4n) is 1.30. The molecule has 0 aliphatic rings. The van der Waals surface area contributed by atoms with E-state index in [0.717, 1.165) is 0 Å². The van der Waals surface area contributed by atoms with Gasteiger partial charge in [-0.3, -0.25) is 0 Å². The fourth-order valence-corrected chi connectivity index (χ4v) is 1.30. The summed E-state index contributed by atoms with van der Waals surface area (Å²) in [4.78, 5) is 11.3. The third-order valence-corrected chi connectivity index (χ3v) is 2.07. The third-order valence-electron chi connectivity index (χ3n) is 2.07. The second-order valence-electron chi connectivity index (χ2n) is 5.02. The van der Waals surface area contributed by atoms with Gasteiger partial charge in [-0.05, 0) is 32.9 Å². The first-order valence-corrected chi connectivity index (χ1v) is 5.97. The van der Waals surface area contributed by atoms with E-state index in [1.165, 1.54) is 12.1 Å². The number of rotatable bonds is 4. The van der Waals surface area contributed by atoms with Gasteiger partial charge in [-0.25, -0.2) is 9.18 Å². The molecular formula is C13H19FN2O3. The Bertz CT molecular complexity index is 444. The lowest BCUT2D eigenvalue weighted by molar-refractivity contribution is 0.0530. The maximum absolute atomic E-state index is 13.0. The van der Waals surface area contributed by atoms with Crippen molar-refractivity contribution in [1.29, 1.82) is 0 Å². The maximum Gasteiger partial charge on any atom is 0.407 e. The Morgan fingerprint density at radius 3 is 2.63 bits per heavy atom. The molecule has 0 heterocycles. The highest BCUT2D eigenvalue weighted by Gasteiger charge is 2.15. The average Bonchev–Trinajstić information content (AvgIpc) is 2.27. The first-order chi connectivity index (χ1) is 8.78. The van der Waals surface area contributed by atoms with Crippen LogP contribution >= 0.6 is 0 Å². The van der Waals surface area contributed by atoms with Crippen molar-refractivity contribution in [2.75, 3.05) is 18.4 Å². The second-order valence-corrected chi connectivity index (χ2v) is 5.02. The summed E-state index contributed by atoms with van der Waals surface area (Å²) in [5.41, 5.74) is -0.00119. The molecule has 0 radical (unpaired) electrons. The molecule has 19 heavy (non-hydrogen) atoms. The van der Waals surface area contributed by atoms with E-state index in [-0.39, 0.29) is 0 Å². The molecule has 0 saturated carbocycles. The summed E-state index contributed by atoms with van der Waals surface area (Å²) in [5, 5.41) is 14.5. The molecule has 0 saturated heterocycles. The van der Waals surface area contributed by atoms with Crippen LogP contribution in [0.1, 0.15) is 20.8 Å². The van der Waals surface area contributed by atoms with E-state index in [1.54, 1.807) is 26.8 Å². The van der Waals surface area contributed by atoms with Crippen LogP contribution in [-0.2, 0) is 4.74 Å². The largest absolute Gasteiger partial charge is 0.505 e. The van der Waals surface area contributed by atoms with Crippen molar-refractivity contribution in [3.05, 3.63) is 24.0 Å². The molecule has 0 aromatic heterocycles. The van der Waals surface area contributed by atoms with Crippen molar-refractivity contribution < 1.29 is 19.0 Å². The number of carbonyl (C=O) groups excluding carboxylic acids is 1. The van der Waals surface area contributed by atoms with E-state index in [0.29, 0.717) is 18.8 Å². The summed E-state index contributed by atoms with van der Waals surface area (Å²) in [7, 11) is 0. The van der Waals surface area contributed by atoms with E-state index >= 15 is 0 Å². The van der Waals surface area contributed by atoms with Gasteiger partial charge in [0.1, 0.15) is 5.60 Å². The molecule has 1 aromatic carbocycles. The Morgan fingerprint density at radius 1 is 1.37 bits per heavy atom. The zero-order valence-corrected chi connectivity index (χ0v) is 11.3. The van der Waals surface area contributed by atoms with Gasteiger partial charge >= 0.3 is 6.09 Å². The van der Waals surface area contributed by atoms with Gasteiger partial charge < -0.3 is 20.5 Å². The lowest BCUT2D eigenvalue weighted by Crippen LogP contribution is -2.34. The topological polar surface area (TPSA) is 70.6 Å². The number of phenols is 1. The molecule has 0 bridgehead atoms. The Kier molecular flexibility index (Phi) is 4.97. The minimum atomic E-state index is -0.690. The smallest absolute Gasteiger partial charge is 0.407 e. The predicted octanol–water partition coefficient (Wildman–Crippen LogP) is 2.47. The van der Waals surface area contributed by atoms with Crippen molar-refractivity contribution in [2.45, 2.75) is 26.4 Å². The Hall–Kier alpha value is -1.98. The zero-order valence-electron chi connectivity index (χ0n) is 11.3. The van der Waals surface area contributed by atoms with E-state index in [2.05, 4.69) is 10.6 Å². The highest BCUT2D eigenvalue weighted by Crippen LogP contribution is 2.18. The first kappa shape index (κ1) is 15.1. The summed E-state index contributed by atoms with van der Waals surface area (Å²) in [6.45, 7) is 6.11. The van der Waals surface area contributed by atoms with Gasteiger partial charge in [0.15, 0.2) is 11.6 Å². The number of aromatic hydroxyl groups is 1. The van der Waals surface area contributed by atoms with Gasteiger partial charge in [-0.2, -0.15) is 0 Å². The van der Waals surface area contributed by atoms with Crippen LogP contribution < -0.4 is 10.6 Å². The number of benzene rings is 1. The highest BCUT2D eigenvalue weighted by atomic mass is 19.1. The number of halogens is 1.